The van der Waals surface area contributed by atoms with Crippen LogP contribution in [0.5, 0.6) is 11.5 Å². The first-order chi connectivity index (χ1) is 17.5. The van der Waals surface area contributed by atoms with Crippen LogP contribution in [0.1, 0.15) is 23.0 Å². The maximum atomic E-state index is 14.6. The quantitative estimate of drug-likeness (QED) is 0.239. The lowest BCUT2D eigenvalue weighted by Crippen LogP contribution is -2.19. The van der Waals surface area contributed by atoms with E-state index in [0.717, 1.165) is 0 Å². The van der Waals surface area contributed by atoms with Crippen LogP contribution in [0.15, 0.2) is 48.8 Å². The Morgan fingerprint density at radius 2 is 2.03 bits per heavy atom. The fourth-order valence-electron chi connectivity index (χ4n) is 3.93. The molecule has 184 valence electrons. The molecule has 0 spiro atoms. The van der Waals surface area contributed by atoms with Crippen molar-refractivity contribution in [3.8, 4) is 28.8 Å². The number of ether oxygens (including phenoxy) is 2. The van der Waals surface area contributed by atoms with Crippen LogP contribution >= 0.6 is 0 Å². The van der Waals surface area contributed by atoms with Gasteiger partial charge < -0.3 is 19.4 Å². The molecule has 4 rings (SSSR count). The minimum Gasteiger partial charge on any atom is -0.496 e. The van der Waals surface area contributed by atoms with Crippen molar-refractivity contribution in [1.82, 2.24) is 20.0 Å². The number of amides is 1. The van der Waals surface area contributed by atoms with Crippen molar-refractivity contribution in [2.24, 2.45) is 0 Å². The first-order valence-corrected chi connectivity index (χ1v) is 11.0. The highest BCUT2D eigenvalue weighted by Gasteiger charge is 2.17. The van der Waals surface area contributed by atoms with Crippen LogP contribution in [0, 0.1) is 17.1 Å². The van der Waals surface area contributed by atoms with E-state index in [4.69, 9.17) is 14.7 Å². The number of benzene rings is 2. The van der Waals surface area contributed by atoms with Gasteiger partial charge in [-0.3, -0.25) is 10.0 Å². The van der Waals surface area contributed by atoms with E-state index in [9.17, 15) is 14.4 Å². The lowest BCUT2D eigenvalue weighted by Gasteiger charge is -2.12. The second-order valence-electron chi connectivity index (χ2n) is 7.61. The minimum absolute atomic E-state index is 0.187. The highest BCUT2D eigenvalue weighted by molar-refractivity contribution is 5.96. The Kier molecular flexibility index (Phi) is 7.27. The summed E-state index contributed by atoms with van der Waals surface area (Å²) in [6.07, 6.45) is 1.39. The molecule has 0 fully saturated rings. The molecule has 11 heteroatoms. The number of nitriles is 1. The van der Waals surface area contributed by atoms with Crippen molar-refractivity contribution >= 4 is 22.6 Å². The van der Waals surface area contributed by atoms with Gasteiger partial charge in [-0.05, 0) is 37.3 Å². The molecule has 0 saturated heterocycles. The summed E-state index contributed by atoms with van der Waals surface area (Å²) >= 11 is 0. The predicted molar refractivity (Wildman–Crippen MR) is 130 cm³/mol. The summed E-state index contributed by atoms with van der Waals surface area (Å²) in [5.41, 5.74) is 3.65. The number of hydrogen-bond acceptors (Lipinski definition) is 8. The molecule has 0 radical (unpaired) electrons. The molecule has 10 nitrogen and oxygen atoms in total. The average molecular weight is 490 g/mol. The molecule has 0 saturated carbocycles. The van der Waals surface area contributed by atoms with E-state index in [-0.39, 0.29) is 5.56 Å². The third-order valence-corrected chi connectivity index (χ3v) is 5.54. The van der Waals surface area contributed by atoms with E-state index in [1.807, 2.05) is 0 Å². The molecule has 0 bridgehead atoms. The van der Waals surface area contributed by atoms with Crippen LogP contribution in [-0.2, 0) is 6.54 Å². The van der Waals surface area contributed by atoms with Gasteiger partial charge >= 0.3 is 0 Å². The Morgan fingerprint density at radius 1 is 1.19 bits per heavy atom. The summed E-state index contributed by atoms with van der Waals surface area (Å²) in [4.78, 5) is 20.4. The zero-order chi connectivity index (χ0) is 25.7. The van der Waals surface area contributed by atoms with Crippen LogP contribution in [0.3, 0.4) is 0 Å². The van der Waals surface area contributed by atoms with Gasteiger partial charge in [0, 0.05) is 30.1 Å². The SMILES string of the molecule is CCOc1cc(-c2cc(NCCn3c(C#N)cc4c(OC)ccc(F)c43)ncn2)ccc1C(=O)NO. The molecular formula is C25H23FN6O4. The lowest BCUT2D eigenvalue weighted by molar-refractivity contribution is 0.0702. The maximum absolute atomic E-state index is 14.6. The predicted octanol–water partition coefficient (Wildman–Crippen LogP) is 3.75. The van der Waals surface area contributed by atoms with Gasteiger partial charge in [0.05, 0.1) is 30.5 Å². The van der Waals surface area contributed by atoms with Gasteiger partial charge in [0.25, 0.3) is 5.91 Å². The largest absolute Gasteiger partial charge is 0.496 e. The van der Waals surface area contributed by atoms with Crippen molar-refractivity contribution in [3.05, 3.63) is 65.9 Å². The van der Waals surface area contributed by atoms with E-state index in [0.29, 0.717) is 64.9 Å². The summed E-state index contributed by atoms with van der Waals surface area (Å²) in [5, 5.41) is 22.2. The molecule has 0 unspecified atom stereocenters. The maximum Gasteiger partial charge on any atom is 0.278 e. The Bertz CT molecular complexity index is 1460. The zero-order valence-electron chi connectivity index (χ0n) is 19.6. The summed E-state index contributed by atoms with van der Waals surface area (Å²) in [7, 11) is 1.50. The molecular weight excluding hydrogens is 467 g/mol. The van der Waals surface area contributed by atoms with Crippen molar-refractivity contribution < 1.29 is 23.9 Å². The summed E-state index contributed by atoms with van der Waals surface area (Å²) in [5.74, 6) is 0.182. The normalized spacial score (nSPS) is 10.6. The molecule has 1 amide bonds. The van der Waals surface area contributed by atoms with E-state index in [1.54, 1.807) is 41.2 Å². The van der Waals surface area contributed by atoms with Crippen LogP contribution in [0.25, 0.3) is 22.2 Å². The fourth-order valence-corrected chi connectivity index (χ4v) is 3.93. The smallest absolute Gasteiger partial charge is 0.278 e. The van der Waals surface area contributed by atoms with Crippen molar-refractivity contribution in [2.75, 3.05) is 25.6 Å². The van der Waals surface area contributed by atoms with Gasteiger partial charge in [-0.25, -0.2) is 19.8 Å². The Balaban J connectivity index is 1.55. The number of rotatable bonds is 9. The Labute approximate surface area is 205 Å². The molecule has 0 aliphatic heterocycles. The highest BCUT2D eigenvalue weighted by Crippen LogP contribution is 2.31. The molecule has 0 atom stereocenters. The van der Waals surface area contributed by atoms with E-state index < -0.39 is 11.7 Å². The second kappa shape index (κ2) is 10.7. The van der Waals surface area contributed by atoms with Crippen molar-refractivity contribution in [3.63, 3.8) is 0 Å². The van der Waals surface area contributed by atoms with Crippen molar-refractivity contribution in [1.29, 1.82) is 5.26 Å². The fraction of sp³-hybridized carbons (Fsp3) is 0.200. The third kappa shape index (κ3) is 4.75. The lowest BCUT2D eigenvalue weighted by atomic mass is 10.1. The van der Waals surface area contributed by atoms with Crippen LogP contribution in [0.4, 0.5) is 10.2 Å². The van der Waals surface area contributed by atoms with Crippen molar-refractivity contribution in [2.45, 2.75) is 13.5 Å². The van der Waals surface area contributed by atoms with Crippen LogP contribution < -0.4 is 20.3 Å². The number of methoxy groups -OCH3 is 1. The Morgan fingerprint density at radius 3 is 2.75 bits per heavy atom. The number of hydrogen-bond donors (Lipinski definition) is 3. The summed E-state index contributed by atoms with van der Waals surface area (Å²) in [6, 6.07) is 13.1. The first-order valence-electron chi connectivity index (χ1n) is 11.0. The summed E-state index contributed by atoms with van der Waals surface area (Å²) in [6.45, 7) is 2.77. The minimum atomic E-state index is -0.682. The number of nitrogens with zero attached hydrogens (tertiary/aromatic N) is 4. The third-order valence-electron chi connectivity index (χ3n) is 5.54. The van der Waals surface area contributed by atoms with Gasteiger partial charge in [-0.2, -0.15) is 5.26 Å². The van der Waals surface area contributed by atoms with Gasteiger partial charge in [-0.1, -0.05) is 6.07 Å². The number of hydroxylamine groups is 1. The van der Waals surface area contributed by atoms with Crippen LogP contribution in [0.2, 0.25) is 0 Å². The topological polar surface area (TPSA) is 134 Å². The molecule has 3 N–H and O–H groups in total. The molecule has 2 aromatic heterocycles. The number of fused-ring (bicyclic) bond motifs is 1. The average Bonchev–Trinajstić information content (AvgIpc) is 3.28. The molecule has 36 heavy (non-hydrogen) atoms. The molecule has 4 aromatic rings. The Hall–Kier alpha value is -4.69. The van der Waals surface area contributed by atoms with E-state index >= 15 is 0 Å². The molecule has 2 heterocycles. The number of carbonyl (C=O) groups is 1. The molecule has 2 aromatic carbocycles. The van der Waals surface area contributed by atoms with E-state index in [2.05, 4.69) is 21.4 Å². The zero-order valence-corrected chi connectivity index (χ0v) is 19.6. The first kappa shape index (κ1) is 24.4. The van der Waals surface area contributed by atoms with Gasteiger partial charge in [-0.15, -0.1) is 0 Å². The summed E-state index contributed by atoms with van der Waals surface area (Å²) < 4.78 is 27.1. The van der Waals surface area contributed by atoms with Crippen LogP contribution in [-0.4, -0.2) is 45.9 Å². The number of carbonyl (C=O) groups excluding carboxylic acids is 1. The van der Waals surface area contributed by atoms with Gasteiger partial charge in [0.2, 0.25) is 0 Å². The second-order valence-corrected chi connectivity index (χ2v) is 7.61. The molecule has 0 aliphatic rings. The monoisotopic (exact) mass is 490 g/mol. The number of nitrogens with one attached hydrogen (secondary N) is 2. The number of anilines is 1. The van der Waals surface area contributed by atoms with Gasteiger partial charge in [0.1, 0.15) is 41.2 Å². The standard InChI is InChI=1S/C25H23FN6O4/c1-3-36-22-10-15(4-5-17(22)25(33)31-34)20-12-23(30-14-29-20)28-8-9-32-16(13-27)11-18-21(35-2)7-6-19(26)24(18)32/h4-7,10-12,14,34H,3,8-9H2,1-2H3,(H,31,33)(H,28,29,30). The molecule has 0 aliphatic carbocycles. The van der Waals surface area contributed by atoms with E-state index in [1.165, 1.54) is 31.6 Å². The number of halogens is 1. The highest BCUT2D eigenvalue weighted by atomic mass is 19.1. The van der Waals surface area contributed by atoms with Gasteiger partial charge in [0.15, 0.2) is 0 Å². The number of aromatic nitrogens is 3.